The molecular weight excluding hydrogens is 476 g/mol. The number of hydrogen-bond donors (Lipinski definition) is 2. The molecule has 0 atom stereocenters. The molecule has 7 nitrogen and oxygen atoms in total. The lowest BCUT2D eigenvalue weighted by molar-refractivity contribution is 0.0478. The summed E-state index contributed by atoms with van der Waals surface area (Å²) in [5.41, 5.74) is 0.874. The Morgan fingerprint density at radius 3 is 2.44 bits per heavy atom. The van der Waals surface area contributed by atoms with Crippen molar-refractivity contribution in [1.29, 1.82) is 10.8 Å². The van der Waals surface area contributed by atoms with Crippen LogP contribution in [-0.2, 0) is 11.3 Å². The molecule has 1 heterocycles. The normalized spacial score (nSPS) is 10.5. The minimum atomic E-state index is -0.831. The summed E-state index contributed by atoms with van der Waals surface area (Å²) in [5, 5.41) is 16.5. The summed E-state index contributed by atoms with van der Waals surface area (Å²) in [7, 11) is 0. The zero-order valence-electron chi connectivity index (χ0n) is 20.6. The van der Waals surface area contributed by atoms with Crippen LogP contribution in [0.3, 0.4) is 0 Å². The van der Waals surface area contributed by atoms with E-state index < -0.39 is 11.4 Å². The van der Waals surface area contributed by atoms with Gasteiger partial charge in [0.2, 0.25) is 11.2 Å². The van der Waals surface area contributed by atoms with Gasteiger partial charge in [-0.3, -0.25) is 15.6 Å². The third-order valence-corrected chi connectivity index (χ3v) is 5.11. The Morgan fingerprint density at radius 1 is 1.19 bits per heavy atom. The van der Waals surface area contributed by atoms with Crippen molar-refractivity contribution < 1.29 is 18.7 Å². The molecule has 0 unspecified atom stereocenters. The molecule has 0 radical (unpaired) electrons. The summed E-state index contributed by atoms with van der Waals surface area (Å²) in [6.07, 6.45) is 8.39. The van der Waals surface area contributed by atoms with Crippen LogP contribution in [0.5, 0.6) is 5.75 Å². The van der Waals surface area contributed by atoms with Crippen molar-refractivity contribution in [1.82, 2.24) is 0 Å². The van der Waals surface area contributed by atoms with E-state index >= 15 is 0 Å². The van der Waals surface area contributed by atoms with Gasteiger partial charge in [0.05, 0.1) is 17.2 Å². The molecule has 8 heteroatoms. The van der Waals surface area contributed by atoms with E-state index in [1.807, 2.05) is 63.3 Å². The number of carbonyl (C=O) groups is 1. The van der Waals surface area contributed by atoms with Gasteiger partial charge in [-0.25, -0.2) is 4.79 Å². The van der Waals surface area contributed by atoms with Crippen molar-refractivity contribution in [3.8, 4) is 5.75 Å². The van der Waals surface area contributed by atoms with E-state index in [-0.39, 0.29) is 54.2 Å². The van der Waals surface area contributed by atoms with Crippen LogP contribution in [0, 0.1) is 10.8 Å². The van der Waals surface area contributed by atoms with E-state index in [9.17, 15) is 9.59 Å². The smallest absolute Gasteiger partial charge is 0.378 e. The fourth-order valence-electron chi connectivity index (χ4n) is 2.65. The fourth-order valence-corrected chi connectivity index (χ4v) is 3.39. The lowest BCUT2D eigenvalue weighted by Crippen LogP contribution is -2.21. The molecule has 0 spiro atoms. The second-order valence-corrected chi connectivity index (χ2v) is 7.73. The van der Waals surface area contributed by atoms with Crippen LogP contribution in [0.4, 0.5) is 0 Å². The lowest BCUT2D eigenvalue weighted by Gasteiger charge is -2.11. The molecule has 194 valence electrons. The van der Waals surface area contributed by atoms with Crippen LogP contribution >= 0.6 is 11.8 Å². The summed E-state index contributed by atoms with van der Waals surface area (Å²) >= 11 is 0.826. The van der Waals surface area contributed by atoms with Gasteiger partial charge in [-0.15, -0.1) is 0 Å². The molecule has 0 amide bonds. The monoisotopic (exact) mass is 512 g/mol. The number of allylic oxidation sites excluding steroid dienone is 5. The Labute approximate surface area is 217 Å². The largest absolute Gasteiger partial charge is 0.481 e. The molecule has 0 aliphatic rings. The molecule has 0 fully saturated rings. The van der Waals surface area contributed by atoms with Crippen LogP contribution < -0.4 is 10.2 Å². The van der Waals surface area contributed by atoms with Gasteiger partial charge in [-0.05, 0) is 25.0 Å². The topological polar surface area (TPSA) is 113 Å². The predicted molar refractivity (Wildman–Crippen MR) is 150 cm³/mol. The number of hydrogen-bond acceptors (Lipinski definition) is 8. The zero-order chi connectivity index (χ0) is 26.2. The Morgan fingerprint density at radius 2 is 1.86 bits per heavy atom. The maximum atomic E-state index is 13.1. The van der Waals surface area contributed by atoms with Gasteiger partial charge in [0.25, 0.3) is 5.76 Å². The number of carbonyl (C=O) groups excluding carboxylic acids is 1. The molecule has 2 N–H and O–H groups in total. The van der Waals surface area contributed by atoms with Crippen molar-refractivity contribution in [2.45, 2.75) is 48.1 Å². The summed E-state index contributed by atoms with van der Waals surface area (Å²) in [6, 6.07) is 9.13. The van der Waals surface area contributed by atoms with Gasteiger partial charge in [0.1, 0.15) is 17.9 Å². The Hall–Kier alpha value is -3.65. The third kappa shape index (κ3) is 9.92. The third-order valence-electron chi connectivity index (χ3n) is 4.29. The first kappa shape index (κ1) is 32.4. The molecule has 1 aromatic heterocycles. The molecule has 2 aromatic rings. The van der Waals surface area contributed by atoms with Crippen molar-refractivity contribution in [2.24, 2.45) is 0 Å². The summed E-state index contributed by atoms with van der Waals surface area (Å²) in [4.78, 5) is 25.4. The van der Waals surface area contributed by atoms with Gasteiger partial charge in [-0.2, -0.15) is 0 Å². The highest BCUT2D eigenvalue weighted by Gasteiger charge is 2.25. The number of benzene rings is 1. The quantitative estimate of drug-likeness (QED) is 0.151. The van der Waals surface area contributed by atoms with Gasteiger partial charge in [0, 0.05) is 6.42 Å². The number of rotatable bonds is 10. The van der Waals surface area contributed by atoms with Crippen molar-refractivity contribution in [2.75, 3.05) is 6.61 Å². The Bertz CT molecular complexity index is 1130. The van der Waals surface area contributed by atoms with E-state index in [1.54, 1.807) is 19.1 Å². The first-order valence-corrected chi connectivity index (χ1v) is 12.0. The van der Waals surface area contributed by atoms with Crippen molar-refractivity contribution in [3.05, 3.63) is 100 Å². The summed E-state index contributed by atoms with van der Waals surface area (Å²) in [6.45, 7) is 11.2. The number of nitrogens with one attached hydrogen (secondary N) is 2. The van der Waals surface area contributed by atoms with Crippen LogP contribution in [-0.4, -0.2) is 22.7 Å². The molecular formula is C28H36N2O5S. The Kier molecular flexibility index (Phi) is 15.9. The van der Waals surface area contributed by atoms with E-state index in [0.29, 0.717) is 0 Å². The van der Waals surface area contributed by atoms with Gasteiger partial charge >= 0.3 is 5.97 Å². The highest BCUT2D eigenvalue weighted by Crippen LogP contribution is 2.22. The molecule has 0 bridgehead atoms. The highest BCUT2D eigenvalue weighted by molar-refractivity contribution is 8.26. The van der Waals surface area contributed by atoms with E-state index in [2.05, 4.69) is 6.58 Å². The van der Waals surface area contributed by atoms with E-state index in [0.717, 1.165) is 29.2 Å². The minimum absolute atomic E-state index is 0. The van der Waals surface area contributed by atoms with Gasteiger partial charge < -0.3 is 13.9 Å². The SMILES string of the molecule is C.C=C/C=C\C(=C/C)CC(=N)SC(=N)c1coc(C(=O)OCC)c(OCc2ccccc2)c1=O.CC. The molecule has 2 rings (SSSR count). The molecule has 0 aliphatic carbocycles. The number of ether oxygens (including phenoxy) is 2. The first-order valence-electron chi connectivity index (χ1n) is 11.2. The van der Waals surface area contributed by atoms with E-state index in [1.165, 1.54) is 0 Å². The van der Waals surface area contributed by atoms with Gasteiger partial charge in [-0.1, -0.05) is 94.3 Å². The van der Waals surface area contributed by atoms with Crippen molar-refractivity contribution >= 4 is 27.8 Å². The lowest BCUT2D eigenvalue weighted by atomic mass is 10.2. The maximum absolute atomic E-state index is 13.1. The molecule has 0 saturated carbocycles. The predicted octanol–water partition coefficient (Wildman–Crippen LogP) is 7.17. The van der Waals surface area contributed by atoms with Crippen molar-refractivity contribution in [3.63, 3.8) is 0 Å². The second kappa shape index (κ2) is 17.7. The van der Waals surface area contributed by atoms with Crippen LogP contribution in [0.1, 0.15) is 63.2 Å². The molecule has 36 heavy (non-hydrogen) atoms. The zero-order valence-corrected chi connectivity index (χ0v) is 21.4. The molecule has 0 saturated heterocycles. The fraction of sp³-hybridized carbons (Fsp3) is 0.286. The van der Waals surface area contributed by atoms with Crippen LogP contribution in [0.15, 0.2) is 82.3 Å². The van der Waals surface area contributed by atoms with Gasteiger partial charge in [0.15, 0.2) is 0 Å². The van der Waals surface area contributed by atoms with E-state index in [4.69, 9.17) is 24.7 Å². The Balaban J connectivity index is 0.00000398. The van der Waals surface area contributed by atoms with Crippen LogP contribution in [0.2, 0.25) is 0 Å². The number of thioether (sulfide) groups is 1. The van der Waals surface area contributed by atoms with Crippen LogP contribution in [0.25, 0.3) is 0 Å². The number of esters is 1. The first-order chi connectivity index (χ1) is 16.9. The summed E-state index contributed by atoms with van der Waals surface area (Å²) in [5.74, 6) is -1.52. The average Bonchev–Trinajstić information content (AvgIpc) is 2.87. The minimum Gasteiger partial charge on any atom is -0.481 e. The second-order valence-electron chi connectivity index (χ2n) is 6.62. The average molecular weight is 513 g/mol. The summed E-state index contributed by atoms with van der Waals surface area (Å²) < 4.78 is 16.0. The highest BCUT2D eigenvalue weighted by atomic mass is 32.2. The molecule has 0 aliphatic heterocycles. The molecule has 1 aromatic carbocycles. The maximum Gasteiger partial charge on any atom is 0.378 e. The standard InChI is InChI=1S/C25H26N2O5S.C2H6.CH4/c1-4-7-11-17(5-2)14-20(26)33-24(27)19-16-32-23(25(29)30-6-3)22(21(19)28)31-15-18-12-9-8-10-13-18;1-2;/h4-5,7-13,16,26-27H,1,6,14-15H2,2-3H3;1-2H3;1H4/b11-7-,17-5+,26-20?,27-24?;;.